The van der Waals surface area contributed by atoms with Crippen LogP contribution >= 0.6 is 0 Å². The number of para-hydroxylation sites is 1. The maximum Gasteiger partial charge on any atom is 0.273 e. The Morgan fingerprint density at radius 2 is 2.00 bits per heavy atom. The van der Waals surface area contributed by atoms with Crippen LogP contribution in [0.5, 0.6) is 0 Å². The number of hydrogen-bond donors (Lipinski definition) is 3. The van der Waals surface area contributed by atoms with Crippen molar-refractivity contribution in [2.75, 3.05) is 13.2 Å². The van der Waals surface area contributed by atoms with E-state index in [9.17, 15) is 9.59 Å². The van der Waals surface area contributed by atoms with Gasteiger partial charge in [0, 0.05) is 31.5 Å². The lowest BCUT2D eigenvalue weighted by atomic mass is 9.86. The van der Waals surface area contributed by atoms with Gasteiger partial charge < -0.3 is 15.7 Å². The molecule has 1 aromatic carbocycles. The first kappa shape index (κ1) is 22.4. The lowest BCUT2D eigenvalue weighted by Gasteiger charge is -2.30. The summed E-state index contributed by atoms with van der Waals surface area (Å²) in [7, 11) is 0. The van der Waals surface area contributed by atoms with Gasteiger partial charge in [-0.05, 0) is 24.3 Å². The number of benzene rings is 1. The number of nitriles is 1. The summed E-state index contributed by atoms with van der Waals surface area (Å²) in [6.45, 7) is 6.49. The van der Waals surface area contributed by atoms with Crippen LogP contribution in [0.15, 0.2) is 24.3 Å². The second-order valence-corrected chi connectivity index (χ2v) is 7.99. The van der Waals surface area contributed by atoms with Crippen molar-refractivity contribution in [1.29, 1.82) is 5.26 Å². The molecule has 0 saturated carbocycles. The van der Waals surface area contributed by atoms with E-state index >= 15 is 0 Å². The second-order valence-electron chi connectivity index (χ2n) is 7.99. The van der Waals surface area contributed by atoms with Crippen LogP contribution in [0, 0.1) is 16.7 Å². The number of hydrogen-bond acceptors (Lipinski definition) is 5. The maximum atomic E-state index is 13.0. The molecule has 2 aromatic rings. The third kappa shape index (κ3) is 5.78. The van der Waals surface area contributed by atoms with Crippen molar-refractivity contribution >= 4 is 22.7 Å². The predicted octanol–water partition coefficient (Wildman–Crippen LogP) is 1.98. The van der Waals surface area contributed by atoms with E-state index in [0.29, 0.717) is 37.7 Å². The largest absolute Gasteiger partial charge is 0.396 e. The number of carbonyl (C=O) groups excluding carboxylic acids is 2. The molecule has 0 aliphatic rings. The summed E-state index contributed by atoms with van der Waals surface area (Å²) >= 11 is 0. The van der Waals surface area contributed by atoms with Gasteiger partial charge in [0.05, 0.1) is 11.6 Å². The second kappa shape index (κ2) is 10.0. The van der Waals surface area contributed by atoms with Gasteiger partial charge >= 0.3 is 0 Å². The minimum Gasteiger partial charge on any atom is -0.396 e. The smallest absolute Gasteiger partial charge is 0.273 e. The number of unbranched alkanes of at least 4 members (excludes halogenated alkanes) is 1. The molecule has 3 N–H and O–H groups in total. The van der Waals surface area contributed by atoms with Crippen molar-refractivity contribution in [2.24, 2.45) is 5.41 Å². The van der Waals surface area contributed by atoms with Crippen LogP contribution in [0.3, 0.4) is 0 Å². The monoisotopic (exact) mass is 399 g/mol. The fourth-order valence-electron chi connectivity index (χ4n) is 3.04. The molecule has 8 heteroatoms. The molecule has 156 valence electrons. The molecule has 0 aliphatic carbocycles. The van der Waals surface area contributed by atoms with Gasteiger partial charge in [-0.2, -0.15) is 10.4 Å². The highest BCUT2D eigenvalue weighted by molar-refractivity contribution is 6.06. The summed E-state index contributed by atoms with van der Waals surface area (Å²) in [5, 5.41) is 28.4. The first-order valence-corrected chi connectivity index (χ1v) is 9.81. The number of nitrogens with one attached hydrogen (secondary N) is 2. The highest BCUT2D eigenvalue weighted by Gasteiger charge is 2.33. The van der Waals surface area contributed by atoms with Crippen LogP contribution < -0.4 is 10.6 Å². The number of amides is 2. The summed E-state index contributed by atoms with van der Waals surface area (Å²) < 4.78 is 1.73. The molecule has 1 heterocycles. The summed E-state index contributed by atoms with van der Waals surface area (Å²) in [5.41, 5.74) is 0.565. The third-order valence-electron chi connectivity index (χ3n) is 4.57. The third-order valence-corrected chi connectivity index (χ3v) is 4.57. The number of aliphatic hydroxyl groups is 1. The SMILES string of the molecule is CC(C)(C)C(NC(=O)c1nn(CCCC#N)c2ccccc12)C(=O)NCCCO. The van der Waals surface area contributed by atoms with Crippen LogP contribution in [0.4, 0.5) is 0 Å². The Hall–Kier alpha value is -2.92. The molecule has 2 rings (SSSR count). The van der Waals surface area contributed by atoms with Gasteiger partial charge in [-0.25, -0.2) is 0 Å². The van der Waals surface area contributed by atoms with Gasteiger partial charge in [0.25, 0.3) is 5.91 Å². The van der Waals surface area contributed by atoms with Crippen molar-refractivity contribution in [1.82, 2.24) is 20.4 Å². The molecule has 0 spiro atoms. The van der Waals surface area contributed by atoms with Crippen LogP contribution in [0.25, 0.3) is 10.9 Å². The van der Waals surface area contributed by atoms with Crippen molar-refractivity contribution in [2.45, 2.75) is 52.6 Å². The van der Waals surface area contributed by atoms with Crippen LogP contribution in [0.2, 0.25) is 0 Å². The van der Waals surface area contributed by atoms with Gasteiger partial charge in [0.15, 0.2) is 5.69 Å². The molecule has 29 heavy (non-hydrogen) atoms. The number of aryl methyl sites for hydroxylation is 1. The molecule has 1 atom stereocenters. The predicted molar refractivity (Wildman–Crippen MR) is 110 cm³/mol. The minimum absolute atomic E-state index is 0.0119. The summed E-state index contributed by atoms with van der Waals surface area (Å²) in [6.07, 6.45) is 1.51. The average molecular weight is 399 g/mol. The zero-order valence-corrected chi connectivity index (χ0v) is 17.2. The number of rotatable bonds is 9. The summed E-state index contributed by atoms with van der Waals surface area (Å²) in [6, 6.07) is 8.78. The molecule has 8 nitrogen and oxygen atoms in total. The quantitative estimate of drug-likeness (QED) is 0.557. The van der Waals surface area contributed by atoms with E-state index in [-0.39, 0.29) is 18.2 Å². The Morgan fingerprint density at radius 3 is 2.66 bits per heavy atom. The Kier molecular flexibility index (Phi) is 7.74. The highest BCUT2D eigenvalue weighted by atomic mass is 16.3. The normalized spacial score (nSPS) is 12.4. The lowest BCUT2D eigenvalue weighted by Crippen LogP contribution is -2.53. The molecule has 1 unspecified atom stereocenters. The van der Waals surface area contributed by atoms with Crippen molar-refractivity contribution < 1.29 is 14.7 Å². The fourth-order valence-corrected chi connectivity index (χ4v) is 3.04. The van der Waals surface area contributed by atoms with Gasteiger partial charge in [-0.1, -0.05) is 39.0 Å². The Balaban J connectivity index is 2.26. The minimum atomic E-state index is -0.754. The average Bonchev–Trinajstić information content (AvgIpc) is 3.04. The molecule has 1 aromatic heterocycles. The first-order chi connectivity index (χ1) is 13.8. The lowest BCUT2D eigenvalue weighted by molar-refractivity contribution is -0.125. The van der Waals surface area contributed by atoms with Gasteiger partial charge in [-0.15, -0.1) is 0 Å². The zero-order valence-electron chi connectivity index (χ0n) is 17.2. The van der Waals surface area contributed by atoms with E-state index in [4.69, 9.17) is 10.4 Å². The molecule has 0 aliphatic heterocycles. The molecular weight excluding hydrogens is 370 g/mol. The Labute approximate surface area is 170 Å². The zero-order chi connectivity index (χ0) is 21.4. The standard InChI is InChI=1S/C21H29N5O3/c1-21(2,3)18(20(29)23-12-8-14-27)24-19(28)17-15-9-4-5-10-16(15)26(25-17)13-7-6-11-22/h4-5,9-10,18,27H,6-8,12-14H2,1-3H3,(H,23,29)(H,24,28). The van der Waals surface area contributed by atoms with Crippen molar-refractivity contribution in [3.8, 4) is 6.07 Å². The molecule has 2 amide bonds. The molecule has 0 bridgehead atoms. The fraction of sp³-hybridized carbons (Fsp3) is 0.524. The maximum absolute atomic E-state index is 13.0. The van der Waals surface area contributed by atoms with Crippen molar-refractivity contribution in [3.63, 3.8) is 0 Å². The highest BCUT2D eigenvalue weighted by Crippen LogP contribution is 2.22. The Morgan fingerprint density at radius 1 is 1.28 bits per heavy atom. The van der Waals surface area contributed by atoms with E-state index in [2.05, 4.69) is 21.8 Å². The number of aliphatic hydroxyl groups excluding tert-OH is 1. The van der Waals surface area contributed by atoms with Crippen LogP contribution in [-0.4, -0.2) is 45.9 Å². The van der Waals surface area contributed by atoms with Crippen LogP contribution in [-0.2, 0) is 11.3 Å². The van der Waals surface area contributed by atoms with E-state index in [1.54, 1.807) is 4.68 Å². The van der Waals surface area contributed by atoms with Crippen molar-refractivity contribution in [3.05, 3.63) is 30.0 Å². The number of aromatic nitrogens is 2. The first-order valence-electron chi connectivity index (χ1n) is 9.81. The molecule has 0 radical (unpaired) electrons. The van der Waals surface area contributed by atoms with E-state index in [1.807, 2.05) is 45.0 Å². The van der Waals surface area contributed by atoms with Gasteiger partial charge in [0.1, 0.15) is 6.04 Å². The molecular formula is C21H29N5O3. The van der Waals surface area contributed by atoms with E-state index < -0.39 is 17.4 Å². The van der Waals surface area contributed by atoms with E-state index in [0.717, 1.165) is 5.52 Å². The Bertz CT molecular complexity index is 892. The van der Waals surface area contributed by atoms with Gasteiger partial charge in [-0.3, -0.25) is 14.3 Å². The topological polar surface area (TPSA) is 120 Å². The summed E-state index contributed by atoms with van der Waals surface area (Å²) in [5.74, 6) is -0.713. The van der Waals surface area contributed by atoms with Gasteiger partial charge in [0.2, 0.25) is 5.91 Å². The molecule has 0 fully saturated rings. The van der Waals surface area contributed by atoms with Crippen LogP contribution in [0.1, 0.15) is 50.5 Å². The number of fused-ring (bicyclic) bond motifs is 1. The molecule has 0 saturated heterocycles. The number of nitrogens with zero attached hydrogens (tertiary/aromatic N) is 3. The summed E-state index contributed by atoms with van der Waals surface area (Å²) in [4.78, 5) is 25.6. The number of carbonyl (C=O) groups is 2. The van der Waals surface area contributed by atoms with E-state index in [1.165, 1.54) is 0 Å².